The fraction of sp³-hybridized carbons (Fsp3) is 0.160. The van der Waals surface area contributed by atoms with Gasteiger partial charge in [0.05, 0.1) is 26.8 Å². The third kappa shape index (κ3) is 3.50. The van der Waals surface area contributed by atoms with Crippen LogP contribution in [0.4, 0.5) is 0 Å². The maximum absolute atomic E-state index is 13.2. The molecule has 3 aromatic rings. The van der Waals surface area contributed by atoms with Gasteiger partial charge >= 0.3 is 0 Å². The molecule has 0 radical (unpaired) electrons. The van der Waals surface area contributed by atoms with E-state index in [2.05, 4.69) is 0 Å². The van der Waals surface area contributed by atoms with E-state index in [9.17, 15) is 9.90 Å². The van der Waals surface area contributed by atoms with Crippen molar-refractivity contribution in [3.63, 3.8) is 0 Å². The van der Waals surface area contributed by atoms with Crippen LogP contribution < -0.4 is 9.47 Å². The van der Waals surface area contributed by atoms with Crippen LogP contribution in [0.1, 0.15) is 22.7 Å². The van der Waals surface area contributed by atoms with E-state index in [1.165, 1.54) is 0 Å². The van der Waals surface area contributed by atoms with Crippen molar-refractivity contribution in [3.05, 3.63) is 101 Å². The summed E-state index contributed by atoms with van der Waals surface area (Å²) in [5.74, 6) is 0.782. The molecule has 1 aliphatic rings. The number of nitrogens with zero attached hydrogens (tertiary/aromatic N) is 1. The predicted molar refractivity (Wildman–Crippen MR) is 115 cm³/mol. The molecular weight excluding hydrogens is 378 g/mol. The molecule has 3 aromatic carbocycles. The lowest BCUT2D eigenvalue weighted by atomic mass is 9.93. The fourth-order valence-electron chi connectivity index (χ4n) is 3.88. The van der Waals surface area contributed by atoms with Gasteiger partial charge in [0.2, 0.25) is 0 Å². The third-order valence-electron chi connectivity index (χ3n) is 5.35. The third-order valence-corrected chi connectivity index (χ3v) is 5.35. The minimum absolute atomic E-state index is 0.232. The zero-order chi connectivity index (χ0) is 21.1. The molecule has 0 spiro atoms. The van der Waals surface area contributed by atoms with Crippen LogP contribution in [0.15, 0.2) is 84.6 Å². The number of carbonyl (C=O) groups excluding carboxylic acids is 1. The summed E-state index contributed by atoms with van der Waals surface area (Å²) in [5, 5.41) is 10.9. The van der Waals surface area contributed by atoms with Crippen molar-refractivity contribution in [1.29, 1.82) is 0 Å². The highest BCUT2D eigenvalue weighted by molar-refractivity contribution is 6.05. The van der Waals surface area contributed by atoms with Crippen LogP contribution in [-0.2, 0) is 11.3 Å². The van der Waals surface area contributed by atoms with Gasteiger partial charge in [-0.1, -0.05) is 60.7 Å². The lowest BCUT2D eigenvalue weighted by molar-refractivity contribution is -0.130. The molecule has 0 saturated heterocycles. The molecule has 1 amide bonds. The van der Waals surface area contributed by atoms with Gasteiger partial charge in [0, 0.05) is 11.1 Å². The Morgan fingerprint density at radius 2 is 1.53 bits per heavy atom. The first-order valence-corrected chi connectivity index (χ1v) is 9.69. The molecule has 5 heteroatoms. The first-order valence-electron chi connectivity index (χ1n) is 9.69. The van der Waals surface area contributed by atoms with Crippen LogP contribution in [0.2, 0.25) is 0 Å². The molecule has 1 atom stereocenters. The summed E-state index contributed by atoms with van der Waals surface area (Å²) in [5.41, 5.74) is 3.16. The number of amides is 1. The summed E-state index contributed by atoms with van der Waals surface area (Å²) in [4.78, 5) is 14.8. The molecule has 0 saturated carbocycles. The summed E-state index contributed by atoms with van der Waals surface area (Å²) < 4.78 is 10.7. The van der Waals surface area contributed by atoms with E-state index < -0.39 is 11.9 Å². The Bertz CT molecular complexity index is 1070. The van der Waals surface area contributed by atoms with Gasteiger partial charge < -0.3 is 19.5 Å². The molecule has 0 fully saturated rings. The number of aliphatic hydroxyl groups is 1. The molecule has 152 valence electrons. The van der Waals surface area contributed by atoms with Crippen LogP contribution in [0.25, 0.3) is 5.57 Å². The maximum atomic E-state index is 13.2. The number of benzene rings is 3. The van der Waals surface area contributed by atoms with E-state index in [0.717, 1.165) is 16.7 Å². The Kier molecular flexibility index (Phi) is 5.44. The molecule has 1 heterocycles. The smallest absolute Gasteiger partial charge is 0.290 e. The standard InChI is InChI=1S/C25H23NO4/c1-29-20-14-12-17(13-15-20)22-23(18-8-4-3-5-9-18)26(25(28)24(22)27)16-19-10-6-7-11-21(19)30-2/h3-15,23,27H,16H2,1-2H3/t23-/m1/s1. The Morgan fingerprint density at radius 3 is 2.20 bits per heavy atom. The second kappa shape index (κ2) is 8.33. The van der Waals surface area contributed by atoms with Gasteiger partial charge in [-0.25, -0.2) is 0 Å². The van der Waals surface area contributed by atoms with Crippen molar-refractivity contribution in [2.45, 2.75) is 12.6 Å². The number of hydrogen-bond acceptors (Lipinski definition) is 4. The lowest BCUT2D eigenvalue weighted by Crippen LogP contribution is -2.30. The first kappa shape index (κ1) is 19.6. The van der Waals surface area contributed by atoms with E-state index in [0.29, 0.717) is 23.6 Å². The van der Waals surface area contributed by atoms with E-state index in [-0.39, 0.29) is 5.76 Å². The van der Waals surface area contributed by atoms with E-state index >= 15 is 0 Å². The molecule has 1 aliphatic heterocycles. The molecule has 0 aromatic heterocycles. The summed E-state index contributed by atoms with van der Waals surface area (Å²) in [6.07, 6.45) is 0. The number of hydrogen-bond donors (Lipinski definition) is 1. The monoisotopic (exact) mass is 401 g/mol. The molecule has 30 heavy (non-hydrogen) atoms. The van der Waals surface area contributed by atoms with Gasteiger partial charge in [0.1, 0.15) is 11.5 Å². The summed E-state index contributed by atoms with van der Waals surface area (Å²) in [6.45, 7) is 0.312. The normalized spacial score (nSPS) is 16.1. The number of para-hydroxylation sites is 1. The Morgan fingerprint density at radius 1 is 0.867 bits per heavy atom. The van der Waals surface area contributed by atoms with Gasteiger partial charge in [-0.2, -0.15) is 0 Å². The van der Waals surface area contributed by atoms with Crippen molar-refractivity contribution in [1.82, 2.24) is 4.90 Å². The van der Waals surface area contributed by atoms with E-state index in [1.807, 2.05) is 78.9 Å². The van der Waals surface area contributed by atoms with Gasteiger partial charge in [-0.15, -0.1) is 0 Å². The molecule has 1 N–H and O–H groups in total. The van der Waals surface area contributed by atoms with Crippen molar-refractivity contribution < 1.29 is 19.4 Å². The highest BCUT2D eigenvalue weighted by Crippen LogP contribution is 2.44. The van der Waals surface area contributed by atoms with Crippen LogP contribution in [0, 0.1) is 0 Å². The number of aliphatic hydroxyl groups excluding tert-OH is 1. The van der Waals surface area contributed by atoms with Crippen molar-refractivity contribution in [2.24, 2.45) is 0 Å². The molecule has 0 bridgehead atoms. The van der Waals surface area contributed by atoms with Gasteiger partial charge in [-0.05, 0) is 29.3 Å². The highest BCUT2D eigenvalue weighted by Gasteiger charge is 2.41. The number of methoxy groups -OCH3 is 2. The van der Waals surface area contributed by atoms with Crippen molar-refractivity contribution >= 4 is 11.5 Å². The number of carbonyl (C=O) groups is 1. The topological polar surface area (TPSA) is 59.0 Å². The zero-order valence-corrected chi connectivity index (χ0v) is 16.9. The van der Waals surface area contributed by atoms with Gasteiger partial charge in [-0.3, -0.25) is 4.79 Å². The fourth-order valence-corrected chi connectivity index (χ4v) is 3.88. The second-order valence-electron chi connectivity index (χ2n) is 7.05. The van der Waals surface area contributed by atoms with Crippen LogP contribution in [-0.4, -0.2) is 30.1 Å². The van der Waals surface area contributed by atoms with Crippen molar-refractivity contribution in [3.8, 4) is 11.5 Å². The van der Waals surface area contributed by atoms with Crippen LogP contribution in [0.5, 0.6) is 11.5 Å². The average molecular weight is 401 g/mol. The van der Waals surface area contributed by atoms with E-state index in [4.69, 9.17) is 9.47 Å². The average Bonchev–Trinajstić information content (AvgIpc) is 3.05. The summed E-state index contributed by atoms with van der Waals surface area (Å²) >= 11 is 0. The largest absolute Gasteiger partial charge is 0.503 e. The SMILES string of the molecule is COc1ccc(C2=C(O)C(=O)N(Cc3ccccc3OC)[C@@H]2c2ccccc2)cc1. The summed E-state index contributed by atoms with van der Waals surface area (Å²) in [6, 6.07) is 24.3. The Balaban J connectivity index is 1.80. The maximum Gasteiger partial charge on any atom is 0.290 e. The molecule has 4 rings (SSSR count). The van der Waals surface area contributed by atoms with Gasteiger partial charge in [0.15, 0.2) is 5.76 Å². The Labute approximate surface area is 175 Å². The number of rotatable bonds is 6. The van der Waals surface area contributed by atoms with Crippen LogP contribution in [0.3, 0.4) is 0 Å². The molecule has 0 unspecified atom stereocenters. The Hall–Kier alpha value is -3.73. The predicted octanol–water partition coefficient (Wildman–Crippen LogP) is 4.76. The molecule has 5 nitrogen and oxygen atoms in total. The number of ether oxygens (including phenoxy) is 2. The molecular formula is C25H23NO4. The van der Waals surface area contributed by atoms with Crippen LogP contribution >= 0.6 is 0 Å². The first-order chi connectivity index (χ1) is 14.6. The summed E-state index contributed by atoms with van der Waals surface area (Å²) in [7, 11) is 3.21. The zero-order valence-electron chi connectivity index (χ0n) is 16.9. The minimum atomic E-state index is -0.419. The van der Waals surface area contributed by atoms with Gasteiger partial charge in [0.25, 0.3) is 5.91 Å². The minimum Gasteiger partial charge on any atom is -0.503 e. The second-order valence-corrected chi connectivity index (χ2v) is 7.05. The quantitative estimate of drug-likeness (QED) is 0.647. The molecule has 0 aliphatic carbocycles. The highest BCUT2D eigenvalue weighted by atomic mass is 16.5. The van der Waals surface area contributed by atoms with Crippen molar-refractivity contribution in [2.75, 3.05) is 14.2 Å². The van der Waals surface area contributed by atoms with E-state index in [1.54, 1.807) is 19.1 Å². The lowest BCUT2D eigenvalue weighted by Gasteiger charge is -2.28.